The molecule has 0 aromatic carbocycles. The second kappa shape index (κ2) is 16.2. The van der Waals surface area contributed by atoms with Gasteiger partial charge in [-0.3, -0.25) is 0 Å². The summed E-state index contributed by atoms with van der Waals surface area (Å²) < 4.78 is 0. The second-order valence-corrected chi connectivity index (χ2v) is 7.80. The maximum absolute atomic E-state index is 9.69. The Labute approximate surface area is 162 Å². The van der Waals surface area contributed by atoms with Gasteiger partial charge in [0.05, 0.1) is 0 Å². The maximum Gasteiger partial charge on any atom is 0.125 e. The van der Waals surface area contributed by atoms with E-state index in [0.29, 0.717) is 0 Å². The molecule has 3 heteroatoms. The molecule has 0 bridgehead atoms. The Kier molecular flexibility index (Phi) is 14.4. The fraction of sp³-hybridized carbons (Fsp3) is 0.826. The molecule has 0 saturated heterocycles. The van der Waals surface area contributed by atoms with E-state index in [4.69, 9.17) is 0 Å². The molecule has 152 valence electrons. The SMILES string of the molecule is CCC/C=C/CCCCCCCCCCCCCC1NC=CN1C(C)O. The molecule has 0 aliphatic carbocycles. The molecule has 1 aliphatic rings. The number of hydrogen-bond acceptors (Lipinski definition) is 3. The first-order valence-electron chi connectivity index (χ1n) is 11.3. The summed E-state index contributed by atoms with van der Waals surface area (Å²) in [5.74, 6) is 0. The molecule has 0 saturated carbocycles. The first kappa shape index (κ1) is 23.1. The van der Waals surface area contributed by atoms with Crippen LogP contribution < -0.4 is 5.32 Å². The monoisotopic (exact) mass is 364 g/mol. The van der Waals surface area contributed by atoms with E-state index in [1.54, 1.807) is 0 Å². The van der Waals surface area contributed by atoms with Gasteiger partial charge in [-0.2, -0.15) is 0 Å². The fourth-order valence-electron chi connectivity index (χ4n) is 3.64. The number of aliphatic hydroxyl groups is 1. The number of rotatable bonds is 17. The van der Waals surface area contributed by atoms with Crippen LogP contribution >= 0.6 is 0 Å². The van der Waals surface area contributed by atoms with Crippen LogP contribution in [0.25, 0.3) is 0 Å². The van der Waals surface area contributed by atoms with Crippen molar-refractivity contribution >= 4 is 0 Å². The van der Waals surface area contributed by atoms with E-state index >= 15 is 0 Å². The highest BCUT2D eigenvalue weighted by Gasteiger charge is 2.20. The Hall–Kier alpha value is -0.960. The van der Waals surface area contributed by atoms with Crippen LogP contribution in [0, 0.1) is 0 Å². The van der Waals surface area contributed by atoms with Crippen LogP contribution in [0.15, 0.2) is 24.6 Å². The number of hydrogen-bond donors (Lipinski definition) is 2. The number of nitrogens with zero attached hydrogens (tertiary/aromatic N) is 1. The standard InChI is InChI=1S/C23H44N2O/c1-3-4-5-6-7-8-9-10-11-12-13-14-15-16-17-18-19-23-24-20-21-25(23)22(2)26/h5-6,20-24,26H,3-4,7-19H2,1-2H3/b6-5+. The third-order valence-corrected chi connectivity index (χ3v) is 5.30. The van der Waals surface area contributed by atoms with E-state index in [2.05, 4.69) is 24.4 Å². The lowest BCUT2D eigenvalue weighted by Crippen LogP contribution is -2.40. The summed E-state index contributed by atoms with van der Waals surface area (Å²) in [7, 11) is 0. The Morgan fingerprint density at radius 3 is 2.00 bits per heavy atom. The lowest BCUT2D eigenvalue weighted by molar-refractivity contribution is 0.0254. The van der Waals surface area contributed by atoms with E-state index in [0.717, 1.165) is 6.42 Å². The summed E-state index contributed by atoms with van der Waals surface area (Å²) in [6.07, 6.45) is 28.6. The average molecular weight is 365 g/mol. The van der Waals surface area contributed by atoms with Crippen LogP contribution in [0.5, 0.6) is 0 Å². The Bertz CT molecular complexity index is 365. The number of nitrogens with one attached hydrogen (secondary N) is 1. The highest BCUT2D eigenvalue weighted by molar-refractivity contribution is 4.94. The van der Waals surface area contributed by atoms with Gasteiger partial charge in [0.2, 0.25) is 0 Å². The van der Waals surface area contributed by atoms with Crippen LogP contribution in [0.4, 0.5) is 0 Å². The van der Waals surface area contributed by atoms with Gasteiger partial charge in [-0.1, -0.05) is 83.3 Å². The van der Waals surface area contributed by atoms with Crippen molar-refractivity contribution in [2.45, 2.75) is 123 Å². The molecule has 0 fully saturated rings. The quantitative estimate of drug-likeness (QED) is 0.230. The summed E-state index contributed by atoms with van der Waals surface area (Å²) in [5.41, 5.74) is 0. The van der Waals surface area contributed by atoms with E-state index in [1.165, 1.54) is 89.9 Å². The molecule has 0 spiro atoms. The number of allylic oxidation sites excluding steroid dienone is 2. The normalized spacial score (nSPS) is 18.0. The number of aliphatic hydroxyl groups excluding tert-OH is 1. The van der Waals surface area contributed by atoms with E-state index < -0.39 is 6.23 Å². The molecule has 1 heterocycles. The summed E-state index contributed by atoms with van der Waals surface area (Å²) in [4.78, 5) is 2.00. The van der Waals surface area contributed by atoms with Crippen LogP contribution in [0.3, 0.4) is 0 Å². The molecule has 3 nitrogen and oxygen atoms in total. The minimum Gasteiger partial charge on any atom is -0.374 e. The van der Waals surface area contributed by atoms with E-state index in [9.17, 15) is 5.11 Å². The first-order chi connectivity index (χ1) is 12.8. The molecule has 0 aromatic heterocycles. The predicted octanol–water partition coefficient (Wildman–Crippen LogP) is 6.45. The van der Waals surface area contributed by atoms with Crippen molar-refractivity contribution in [1.82, 2.24) is 10.2 Å². The third kappa shape index (κ3) is 11.6. The zero-order valence-corrected chi connectivity index (χ0v) is 17.5. The van der Waals surface area contributed by atoms with Crippen molar-refractivity contribution in [3.63, 3.8) is 0 Å². The summed E-state index contributed by atoms with van der Waals surface area (Å²) in [6, 6.07) is 0. The van der Waals surface area contributed by atoms with Crippen molar-refractivity contribution in [2.24, 2.45) is 0 Å². The van der Waals surface area contributed by atoms with Gasteiger partial charge >= 0.3 is 0 Å². The summed E-state index contributed by atoms with van der Waals surface area (Å²) in [5, 5.41) is 13.0. The zero-order valence-electron chi connectivity index (χ0n) is 17.5. The predicted molar refractivity (Wildman–Crippen MR) is 114 cm³/mol. The average Bonchev–Trinajstić information content (AvgIpc) is 3.10. The molecule has 0 aromatic rings. The minimum absolute atomic E-state index is 0.289. The van der Waals surface area contributed by atoms with E-state index in [1.807, 2.05) is 24.2 Å². The molecule has 1 aliphatic heterocycles. The molecule has 0 radical (unpaired) electrons. The molecule has 2 N–H and O–H groups in total. The van der Waals surface area contributed by atoms with Crippen molar-refractivity contribution in [3.05, 3.63) is 24.6 Å². The van der Waals surface area contributed by atoms with Crippen LogP contribution in [-0.4, -0.2) is 22.4 Å². The van der Waals surface area contributed by atoms with Gasteiger partial charge in [-0.15, -0.1) is 0 Å². The second-order valence-electron chi connectivity index (χ2n) is 7.80. The largest absolute Gasteiger partial charge is 0.374 e. The number of unbranched alkanes of at least 4 members (excludes halogenated alkanes) is 12. The highest BCUT2D eigenvalue weighted by Crippen LogP contribution is 2.16. The van der Waals surface area contributed by atoms with Crippen molar-refractivity contribution < 1.29 is 5.11 Å². The summed E-state index contributed by atoms with van der Waals surface area (Å²) >= 11 is 0. The molecular weight excluding hydrogens is 320 g/mol. The van der Waals surface area contributed by atoms with Gasteiger partial charge in [0, 0.05) is 12.4 Å². The Morgan fingerprint density at radius 2 is 1.42 bits per heavy atom. The Balaban J connectivity index is 1.77. The van der Waals surface area contributed by atoms with Crippen molar-refractivity contribution in [2.75, 3.05) is 0 Å². The van der Waals surface area contributed by atoms with Crippen LogP contribution in [0.2, 0.25) is 0 Å². The lowest BCUT2D eigenvalue weighted by atomic mass is 10.0. The lowest BCUT2D eigenvalue weighted by Gasteiger charge is -2.28. The van der Waals surface area contributed by atoms with Gasteiger partial charge in [-0.25, -0.2) is 0 Å². The fourth-order valence-corrected chi connectivity index (χ4v) is 3.64. The van der Waals surface area contributed by atoms with E-state index in [-0.39, 0.29) is 6.17 Å². The first-order valence-corrected chi connectivity index (χ1v) is 11.3. The molecule has 2 unspecified atom stereocenters. The van der Waals surface area contributed by atoms with Crippen LogP contribution in [0.1, 0.15) is 110 Å². The van der Waals surface area contributed by atoms with Gasteiger partial charge < -0.3 is 15.3 Å². The summed E-state index contributed by atoms with van der Waals surface area (Å²) in [6.45, 7) is 4.07. The smallest absolute Gasteiger partial charge is 0.125 e. The zero-order chi connectivity index (χ0) is 18.9. The maximum atomic E-state index is 9.69. The van der Waals surface area contributed by atoms with Crippen molar-refractivity contribution in [3.8, 4) is 0 Å². The molecule has 0 amide bonds. The highest BCUT2D eigenvalue weighted by atomic mass is 16.3. The van der Waals surface area contributed by atoms with Crippen molar-refractivity contribution in [1.29, 1.82) is 0 Å². The molecule has 2 atom stereocenters. The van der Waals surface area contributed by atoms with Gasteiger partial charge in [0.25, 0.3) is 0 Å². The molecule has 1 rings (SSSR count). The minimum atomic E-state index is -0.399. The van der Waals surface area contributed by atoms with Gasteiger partial charge in [0.15, 0.2) is 0 Å². The van der Waals surface area contributed by atoms with Gasteiger partial charge in [-0.05, 0) is 39.0 Å². The topological polar surface area (TPSA) is 35.5 Å². The molecular formula is C23H44N2O. The Morgan fingerprint density at radius 1 is 0.885 bits per heavy atom. The van der Waals surface area contributed by atoms with Gasteiger partial charge in [0.1, 0.15) is 12.4 Å². The molecule has 26 heavy (non-hydrogen) atoms. The third-order valence-electron chi connectivity index (χ3n) is 5.30. The van der Waals surface area contributed by atoms with Crippen LogP contribution in [-0.2, 0) is 0 Å².